The highest BCUT2D eigenvalue weighted by Crippen LogP contribution is 2.21. The van der Waals surface area contributed by atoms with E-state index in [1.165, 1.54) is 0 Å². The lowest BCUT2D eigenvalue weighted by Crippen LogP contribution is -2.24. The molecule has 94 valence electrons. The molecule has 1 N–H and O–H groups in total. The summed E-state index contributed by atoms with van der Waals surface area (Å²) in [5, 5.41) is 10.4. The monoisotopic (exact) mass is 372 g/mol. The lowest BCUT2D eigenvalue weighted by atomic mass is 10.2. The molecule has 0 fully saturated rings. The van der Waals surface area contributed by atoms with Gasteiger partial charge in [-0.15, -0.1) is 10.2 Å². The number of hydrogen-bond acceptors (Lipinski definition) is 3. The predicted octanol–water partition coefficient (Wildman–Crippen LogP) is 2.27. The summed E-state index contributed by atoms with van der Waals surface area (Å²) in [4.78, 5) is 12.0. The molecule has 1 aromatic carbocycles. The van der Waals surface area contributed by atoms with E-state index in [1.54, 1.807) is 17.0 Å². The molecular formula is C11H10Br2N4O. The van der Waals surface area contributed by atoms with E-state index in [1.807, 2.05) is 19.2 Å². The van der Waals surface area contributed by atoms with Gasteiger partial charge in [0.2, 0.25) is 0 Å². The number of carbonyl (C=O) groups is 1. The van der Waals surface area contributed by atoms with Crippen molar-refractivity contribution < 1.29 is 4.79 Å². The minimum atomic E-state index is -0.155. The molecule has 0 bridgehead atoms. The Morgan fingerprint density at radius 1 is 1.44 bits per heavy atom. The van der Waals surface area contributed by atoms with Crippen LogP contribution in [0, 0.1) is 0 Å². The molecule has 1 heterocycles. The van der Waals surface area contributed by atoms with Crippen LogP contribution in [0.25, 0.3) is 0 Å². The van der Waals surface area contributed by atoms with Crippen molar-refractivity contribution in [1.29, 1.82) is 0 Å². The van der Waals surface area contributed by atoms with Crippen molar-refractivity contribution in [3.63, 3.8) is 0 Å². The van der Waals surface area contributed by atoms with Crippen molar-refractivity contribution in [3.8, 4) is 0 Å². The summed E-state index contributed by atoms with van der Waals surface area (Å²) in [6.45, 7) is 0.345. The van der Waals surface area contributed by atoms with Gasteiger partial charge in [-0.3, -0.25) is 4.79 Å². The number of halogens is 2. The van der Waals surface area contributed by atoms with Gasteiger partial charge >= 0.3 is 0 Å². The Hall–Kier alpha value is -1.21. The molecule has 1 aromatic heterocycles. The van der Waals surface area contributed by atoms with Crippen LogP contribution >= 0.6 is 31.9 Å². The molecule has 0 saturated carbocycles. The summed E-state index contributed by atoms with van der Waals surface area (Å²) < 4.78 is 3.42. The second-order valence-electron chi connectivity index (χ2n) is 3.66. The first-order valence-electron chi connectivity index (χ1n) is 5.14. The van der Waals surface area contributed by atoms with Crippen LogP contribution in [0.5, 0.6) is 0 Å². The fourth-order valence-corrected chi connectivity index (χ4v) is 2.62. The van der Waals surface area contributed by atoms with E-state index in [9.17, 15) is 4.79 Å². The highest BCUT2D eigenvalue weighted by atomic mass is 79.9. The first-order chi connectivity index (χ1) is 8.58. The van der Waals surface area contributed by atoms with Crippen LogP contribution in [-0.2, 0) is 13.6 Å². The molecule has 0 radical (unpaired) electrons. The van der Waals surface area contributed by atoms with E-state index in [4.69, 9.17) is 0 Å². The normalized spacial score (nSPS) is 10.4. The van der Waals surface area contributed by atoms with Gasteiger partial charge in [0, 0.05) is 16.0 Å². The zero-order valence-corrected chi connectivity index (χ0v) is 12.7. The Morgan fingerprint density at radius 2 is 2.22 bits per heavy atom. The van der Waals surface area contributed by atoms with E-state index in [0.29, 0.717) is 17.9 Å². The number of rotatable bonds is 3. The zero-order valence-electron chi connectivity index (χ0n) is 9.52. The third-order valence-electron chi connectivity index (χ3n) is 2.39. The van der Waals surface area contributed by atoms with Gasteiger partial charge in [0.15, 0.2) is 5.82 Å². The van der Waals surface area contributed by atoms with Gasteiger partial charge in [0.05, 0.1) is 12.1 Å². The number of aromatic nitrogens is 3. The van der Waals surface area contributed by atoms with Gasteiger partial charge in [-0.1, -0.05) is 15.9 Å². The summed E-state index contributed by atoms with van der Waals surface area (Å²) in [6.07, 6.45) is 1.59. The average molecular weight is 374 g/mol. The molecule has 2 rings (SSSR count). The van der Waals surface area contributed by atoms with E-state index in [2.05, 4.69) is 47.4 Å². The first kappa shape index (κ1) is 13.2. The van der Waals surface area contributed by atoms with Crippen molar-refractivity contribution >= 4 is 37.8 Å². The lowest BCUT2D eigenvalue weighted by Gasteiger charge is -2.06. The van der Waals surface area contributed by atoms with Crippen LogP contribution < -0.4 is 5.32 Å². The van der Waals surface area contributed by atoms with Gasteiger partial charge in [-0.25, -0.2) is 0 Å². The number of amides is 1. The maximum absolute atomic E-state index is 12.0. The molecule has 7 heteroatoms. The molecule has 0 aliphatic carbocycles. The highest BCUT2D eigenvalue weighted by Gasteiger charge is 2.11. The predicted molar refractivity (Wildman–Crippen MR) is 74.0 cm³/mol. The van der Waals surface area contributed by atoms with Crippen LogP contribution in [0.15, 0.2) is 33.5 Å². The first-order valence-corrected chi connectivity index (χ1v) is 6.72. The number of benzene rings is 1. The van der Waals surface area contributed by atoms with Crippen LogP contribution in [0.4, 0.5) is 0 Å². The summed E-state index contributed by atoms with van der Waals surface area (Å²) in [7, 11) is 1.83. The Labute approximate surface area is 121 Å². The van der Waals surface area contributed by atoms with Gasteiger partial charge < -0.3 is 9.88 Å². The summed E-state index contributed by atoms with van der Waals surface area (Å²) in [5.74, 6) is 0.550. The Morgan fingerprint density at radius 3 is 2.83 bits per heavy atom. The smallest absolute Gasteiger partial charge is 0.252 e. The molecule has 0 saturated heterocycles. The molecule has 0 aliphatic heterocycles. The van der Waals surface area contributed by atoms with Crippen molar-refractivity contribution in [1.82, 2.24) is 20.1 Å². The zero-order chi connectivity index (χ0) is 13.1. The Kier molecular flexibility index (Phi) is 4.13. The SMILES string of the molecule is Cn1cnnc1CNC(=O)c1ccc(Br)cc1Br. The number of hydrogen-bond donors (Lipinski definition) is 1. The van der Waals surface area contributed by atoms with Crippen molar-refractivity contribution in [2.45, 2.75) is 6.54 Å². The third kappa shape index (κ3) is 2.97. The second kappa shape index (κ2) is 5.62. The second-order valence-corrected chi connectivity index (χ2v) is 5.43. The quantitative estimate of drug-likeness (QED) is 0.897. The highest BCUT2D eigenvalue weighted by molar-refractivity contribution is 9.11. The molecule has 0 unspecified atom stereocenters. The van der Waals surface area contributed by atoms with Crippen molar-refractivity contribution in [2.24, 2.45) is 7.05 Å². The summed E-state index contributed by atoms with van der Waals surface area (Å²) in [6, 6.07) is 5.40. The maximum Gasteiger partial charge on any atom is 0.252 e. The molecular weight excluding hydrogens is 364 g/mol. The van der Waals surface area contributed by atoms with Crippen LogP contribution in [0.3, 0.4) is 0 Å². The number of nitrogens with zero attached hydrogens (tertiary/aromatic N) is 3. The Bertz CT molecular complexity index is 582. The van der Waals surface area contributed by atoms with Crippen molar-refractivity contribution in [3.05, 3.63) is 44.9 Å². The molecule has 2 aromatic rings. The van der Waals surface area contributed by atoms with Gasteiger partial charge in [0.25, 0.3) is 5.91 Å². The van der Waals surface area contributed by atoms with E-state index < -0.39 is 0 Å². The number of carbonyl (C=O) groups excluding carboxylic acids is 1. The van der Waals surface area contributed by atoms with Gasteiger partial charge in [0.1, 0.15) is 6.33 Å². The summed E-state index contributed by atoms with van der Waals surface area (Å²) in [5.41, 5.74) is 0.584. The number of nitrogens with one attached hydrogen (secondary N) is 1. The van der Waals surface area contributed by atoms with Crippen LogP contribution in [0.1, 0.15) is 16.2 Å². The minimum absolute atomic E-state index is 0.155. The fourth-order valence-electron chi connectivity index (χ4n) is 1.40. The minimum Gasteiger partial charge on any atom is -0.345 e. The number of aryl methyl sites for hydroxylation is 1. The van der Waals surface area contributed by atoms with Crippen molar-refractivity contribution in [2.75, 3.05) is 0 Å². The largest absolute Gasteiger partial charge is 0.345 e. The molecule has 0 spiro atoms. The summed E-state index contributed by atoms with van der Waals surface area (Å²) >= 11 is 6.70. The van der Waals surface area contributed by atoms with Crippen LogP contribution in [0.2, 0.25) is 0 Å². The van der Waals surface area contributed by atoms with E-state index >= 15 is 0 Å². The standard InChI is InChI=1S/C11H10Br2N4O/c1-17-6-15-16-10(17)5-14-11(18)8-3-2-7(12)4-9(8)13/h2-4,6H,5H2,1H3,(H,14,18). The van der Waals surface area contributed by atoms with Gasteiger partial charge in [-0.2, -0.15) is 0 Å². The molecule has 5 nitrogen and oxygen atoms in total. The van der Waals surface area contributed by atoms with Gasteiger partial charge in [-0.05, 0) is 34.1 Å². The maximum atomic E-state index is 12.0. The Balaban J connectivity index is 2.06. The molecule has 18 heavy (non-hydrogen) atoms. The average Bonchev–Trinajstić information content (AvgIpc) is 2.72. The topological polar surface area (TPSA) is 59.8 Å². The fraction of sp³-hybridized carbons (Fsp3) is 0.182. The molecule has 1 amide bonds. The van der Waals surface area contributed by atoms with Crippen LogP contribution in [-0.4, -0.2) is 20.7 Å². The van der Waals surface area contributed by atoms with E-state index in [0.717, 1.165) is 8.95 Å². The van der Waals surface area contributed by atoms with E-state index in [-0.39, 0.29) is 5.91 Å². The molecule has 0 atom stereocenters. The third-order valence-corrected chi connectivity index (χ3v) is 3.54. The lowest BCUT2D eigenvalue weighted by molar-refractivity contribution is 0.0949. The molecule has 0 aliphatic rings.